The third kappa shape index (κ3) is 44.3. The van der Waals surface area contributed by atoms with E-state index in [0.717, 1.165) is 0 Å². The molecule has 0 saturated heterocycles. The quantitative estimate of drug-likeness (QED) is 0.615. The summed E-state index contributed by atoms with van der Waals surface area (Å²) in [6.07, 6.45) is 4.08. The molecule has 0 bridgehead atoms. The molecule has 0 saturated carbocycles. The van der Waals surface area contributed by atoms with Gasteiger partial charge in [-0.2, -0.15) is 11.8 Å². The molecule has 0 nitrogen and oxygen atoms in total. The summed E-state index contributed by atoms with van der Waals surface area (Å²) in [5.74, 6) is 0. The summed E-state index contributed by atoms with van der Waals surface area (Å²) in [4.78, 5) is 0. The third-order valence-corrected chi connectivity index (χ3v) is 0. The van der Waals surface area contributed by atoms with Crippen molar-refractivity contribution in [2.45, 2.75) is 0 Å². The first-order chi connectivity index (χ1) is 2.83. The van der Waals surface area contributed by atoms with Crippen LogP contribution in [0.5, 0.6) is 0 Å². The van der Waals surface area contributed by atoms with E-state index >= 15 is 0 Å². The van der Waals surface area contributed by atoms with Gasteiger partial charge in [0.25, 0.3) is 0 Å². The van der Waals surface area contributed by atoms with Gasteiger partial charge in [0.2, 0.25) is 0 Å². The molecule has 6 heavy (non-hydrogen) atoms. The van der Waals surface area contributed by atoms with E-state index in [2.05, 4.69) is 0 Å². The van der Waals surface area contributed by atoms with Crippen LogP contribution in [-0.4, -0.2) is 12.5 Å². The first-order valence-corrected chi connectivity index (χ1v) is 8.05. The molecule has 0 spiro atoms. The van der Waals surface area contributed by atoms with Gasteiger partial charge in [-0.3, -0.25) is 0 Å². The number of hydrogen-bond donors (Lipinski definition) is 0. The van der Waals surface area contributed by atoms with Crippen molar-refractivity contribution in [2.24, 2.45) is 0 Å². The molecule has 0 fully saturated rings. The normalized spacial score (nSPS) is 6.67. The van der Waals surface area contributed by atoms with Gasteiger partial charge >= 0.3 is 36.0 Å². The molecule has 0 aliphatic heterocycles. The number of rotatable bonds is 0. The standard InChI is InChI=1S/C2H6S.Au.2ClH/c1-3-2;;;/h1-2H3;;2*1H/q;+2;;/p-2. The Morgan fingerprint density at radius 1 is 1.33 bits per heavy atom. The SMILES string of the molecule is CSC.[Cl][Au][Cl]. The molecule has 0 aromatic carbocycles. The van der Waals surface area contributed by atoms with E-state index in [1.807, 2.05) is 12.5 Å². The van der Waals surface area contributed by atoms with Crippen molar-refractivity contribution in [3.05, 3.63) is 0 Å². The second-order valence-corrected chi connectivity index (χ2v) is 4.40. The summed E-state index contributed by atoms with van der Waals surface area (Å²) >= 11 is 1.36. The zero-order valence-electron chi connectivity index (χ0n) is 3.47. The van der Waals surface area contributed by atoms with Gasteiger partial charge in [-0.15, -0.1) is 0 Å². The Morgan fingerprint density at radius 3 is 1.33 bits per heavy atom. The van der Waals surface area contributed by atoms with Crippen LogP contribution in [0, 0.1) is 0 Å². The fourth-order valence-corrected chi connectivity index (χ4v) is 0. The fourth-order valence-electron chi connectivity index (χ4n) is 0. The van der Waals surface area contributed by atoms with E-state index in [4.69, 9.17) is 18.4 Å². The van der Waals surface area contributed by atoms with Gasteiger partial charge in [-0.05, 0) is 12.5 Å². The number of hydrogen-bond acceptors (Lipinski definition) is 1. The molecular formula is C2H6AuCl2S. The summed E-state index contributed by atoms with van der Waals surface area (Å²) in [5.41, 5.74) is 0. The van der Waals surface area contributed by atoms with E-state index in [1.165, 1.54) is 0 Å². The van der Waals surface area contributed by atoms with Crippen LogP contribution in [0.25, 0.3) is 0 Å². The average Bonchev–Trinajstić information content (AvgIpc) is 1.39. The van der Waals surface area contributed by atoms with Gasteiger partial charge in [0.05, 0.1) is 0 Å². The summed E-state index contributed by atoms with van der Waals surface area (Å²) < 4.78 is 0. The number of halogens is 2. The van der Waals surface area contributed by atoms with Gasteiger partial charge in [-0.25, -0.2) is 0 Å². The van der Waals surface area contributed by atoms with Crippen LogP contribution in [0.3, 0.4) is 0 Å². The minimum atomic E-state index is -0.389. The van der Waals surface area contributed by atoms with Crippen molar-refractivity contribution in [1.29, 1.82) is 0 Å². The maximum absolute atomic E-state index is 4.86. The second kappa shape index (κ2) is 15.9. The van der Waals surface area contributed by atoms with Crippen LogP contribution in [0.4, 0.5) is 0 Å². The summed E-state index contributed by atoms with van der Waals surface area (Å²) in [6, 6.07) is 0. The molecule has 4 heteroatoms. The fraction of sp³-hybridized carbons (Fsp3) is 1.00. The molecule has 0 amide bonds. The Balaban J connectivity index is 0. The molecule has 0 aliphatic carbocycles. The number of thioether (sulfide) groups is 1. The van der Waals surface area contributed by atoms with Crippen LogP contribution in [-0.2, 0) is 17.6 Å². The second-order valence-electron chi connectivity index (χ2n) is 0.451. The van der Waals surface area contributed by atoms with E-state index < -0.39 is 0 Å². The van der Waals surface area contributed by atoms with Crippen molar-refractivity contribution >= 4 is 30.1 Å². The first-order valence-electron chi connectivity index (χ1n) is 1.04. The molecule has 0 aromatic rings. The molecular weight excluding hydrogens is 324 g/mol. The van der Waals surface area contributed by atoms with Crippen LogP contribution in [0.2, 0.25) is 0 Å². The Labute approximate surface area is 59.9 Å². The topological polar surface area (TPSA) is 0 Å². The monoisotopic (exact) mass is 329 g/mol. The van der Waals surface area contributed by atoms with E-state index in [1.54, 1.807) is 11.8 Å². The van der Waals surface area contributed by atoms with Crippen LogP contribution < -0.4 is 0 Å². The Bertz CT molecular complexity index is 13.5. The van der Waals surface area contributed by atoms with Crippen molar-refractivity contribution in [2.75, 3.05) is 12.5 Å². The Kier molecular flexibility index (Phi) is 28.2. The van der Waals surface area contributed by atoms with Crippen molar-refractivity contribution in [3.63, 3.8) is 0 Å². The molecule has 0 unspecified atom stereocenters. The Hall–Kier alpha value is 1.67. The van der Waals surface area contributed by atoms with Crippen molar-refractivity contribution in [3.8, 4) is 0 Å². The average molecular weight is 330 g/mol. The van der Waals surface area contributed by atoms with Gasteiger partial charge in [-0.1, -0.05) is 0 Å². The minimum absolute atomic E-state index is 0.389. The molecule has 0 aliphatic rings. The van der Waals surface area contributed by atoms with Crippen molar-refractivity contribution in [1.82, 2.24) is 0 Å². The van der Waals surface area contributed by atoms with Crippen LogP contribution >= 0.6 is 30.1 Å². The summed E-state index contributed by atoms with van der Waals surface area (Å²) in [5, 5.41) is 0. The zero-order valence-corrected chi connectivity index (χ0v) is 7.96. The van der Waals surface area contributed by atoms with Gasteiger partial charge in [0, 0.05) is 0 Å². The summed E-state index contributed by atoms with van der Waals surface area (Å²) in [6.45, 7) is 0. The Morgan fingerprint density at radius 2 is 1.33 bits per heavy atom. The predicted octanol–water partition coefficient (Wildman–Crippen LogP) is 2.36. The van der Waals surface area contributed by atoms with E-state index in [-0.39, 0.29) is 17.6 Å². The molecule has 0 aromatic heterocycles. The van der Waals surface area contributed by atoms with Crippen LogP contribution in [0.15, 0.2) is 0 Å². The van der Waals surface area contributed by atoms with Crippen molar-refractivity contribution < 1.29 is 17.6 Å². The maximum atomic E-state index is 4.86. The van der Waals surface area contributed by atoms with Gasteiger partial charge in [0.1, 0.15) is 0 Å². The zero-order chi connectivity index (χ0) is 5.41. The molecule has 45 valence electrons. The molecule has 0 N–H and O–H groups in total. The first kappa shape index (κ1) is 10.6. The molecule has 0 rings (SSSR count). The third-order valence-electron chi connectivity index (χ3n) is 0. The van der Waals surface area contributed by atoms with Gasteiger partial charge < -0.3 is 0 Å². The van der Waals surface area contributed by atoms with Crippen LogP contribution in [0.1, 0.15) is 0 Å². The molecule has 0 radical (unpaired) electrons. The molecule has 0 heterocycles. The summed E-state index contributed by atoms with van der Waals surface area (Å²) in [7, 11) is 9.72. The van der Waals surface area contributed by atoms with E-state index in [9.17, 15) is 0 Å². The molecule has 0 atom stereocenters. The van der Waals surface area contributed by atoms with E-state index in [0.29, 0.717) is 0 Å². The van der Waals surface area contributed by atoms with Gasteiger partial charge in [0.15, 0.2) is 0 Å². The predicted molar refractivity (Wildman–Crippen MR) is 31.1 cm³/mol.